The first kappa shape index (κ1) is 10.2. The fraction of sp³-hybridized carbons (Fsp3) is 0.600. The van der Waals surface area contributed by atoms with Gasteiger partial charge in [0, 0.05) is 6.04 Å². The number of ether oxygens (including phenoxy) is 1. The molecule has 0 aliphatic heterocycles. The smallest absolute Gasteiger partial charge is 0.360 e. The van der Waals surface area contributed by atoms with E-state index >= 15 is 0 Å². The quantitative estimate of drug-likeness (QED) is 0.695. The fourth-order valence-electron chi connectivity index (χ4n) is 1.44. The molecule has 0 radical (unpaired) electrons. The summed E-state index contributed by atoms with van der Waals surface area (Å²) in [6.45, 7) is 0.641. The Morgan fingerprint density at radius 1 is 1.73 bits per heavy atom. The highest BCUT2D eigenvalue weighted by Gasteiger charge is 2.27. The molecule has 0 bridgehead atoms. The summed E-state index contributed by atoms with van der Waals surface area (Å²) in [5.41, 5.74) is 0.233. The first-order chi connectivity index (χ1) is 7.20. The number of nitrogens with zero attached hydrogens (tertiary/aromatic N) is 2. The van der Waals surface area contributed by atoms with Gasteiger partial charge < -0.3 is 9.15 Å². The molecule has 0 spiro atoms. The van der Waals surface area contributed by atoms with Gasteiger partial charge in [-0.25, -0.2) is 9.78 Å². The summed E-state index contributed by atoms with van der Waals surface area (Å²) in [4.78, 5) is 17.3. The second-order valence-corrected chi connectivity index (χ2v) is 3.76. The number of oxazole rings is 1. The van der Waals surface area contributed by atoms with E-state index in [1.165, 1.54) is 26.2 Å². The van der Waals surface area contributed by atoms with Gasteiger partial charge in [0.05, 0.1) is 13.7 Å². The lowest BCUT2D eigenvalue weighted by Gasteiger charge is -2.11. The highest BCUT2D eigenvalue weighted by atomic mass is 16.5. The van der Waals surface area contributed by atoms with Crippen molar-refractivity contribution in [2.75, 3.05) is 14.2 Å². The summed E-state index contributed by atoms with van der Waals surface area (Å²) in [7, 11) is 3.35. The molecule has 0 saturated heterocycles. The Morgan fingerprint density at radius 2 is 2.47 bits per heavy atom. The van der Waals surface area contributed by atoms with Crippen LogP contribution in [0.3, 0.4) is 0 Å². The number of rotatable bonds is 4. The molecule has 0 unspecified atom stereocenters. The fourth-order valence-corrected chi connectivity index (χ4v) is 1.44. The molecule has 15 heavy (non-hydrogen) atoms. The topological polar surface area (TPSA) is 55.6 Å². The number of hydrogen-bond acceptors (Lipinski definition) is 5. The molecule has 1 aromatic rings. The predicted octanol–water partition coefficient (Wildman–Crippen LogP) is 1.06. The number of carbonyl (C=O) groups is 1. The average molecular weight is 210 g/mol. The maximum absolute atomic E-state index is 11.1. The molecule has 0 amide bonds. The normalized spacial score (nSPS) is 15.7. The Kier molecular flexibility index (Phi) is 2.73. The van der Waals surface area contributed by atoms with Crippen molar-refractivity contribution in [1.82, 2.24) is 9.88 Å². The van der Waals surface area contributed by atoms with Gasteiger partial charge in [-0.3, -0.25) is 4.90 Å². The summed E-state index contributed by atoms with van der Waals surface area (Å²) in [5.74, 6) is 0.101. The zero-order valence-corrected chi connectivity index (χ0v) is 8.90. The summed E-state index contributed by atoms with van der Waals surface area (Å²) >= 11 is 0. The average Bonchev–Trinajstić information content (AvgIpc) is 2.99. The largest absolute Gasteiger partial charge is 0.464 e. The van der Waals surface area contributed by atoms with Crippen LogP contribution in [-0.2, 0) is 11.3 Å². The van der Waals surface area contributed by atoms with Crippen LogP contribution in [-0.4, -0.2) is 36.1 Å². The van der Waals surface area contributed by atoms with E-state index in [-0.39, 0.29) is 5.69 Å². The highest BCUT2D eigenvalue weighted by molar-refractivity contribution is 5.86. The van der Waals surface area contributed by atoms with Crippen LogP contribution in [0.5, 0.6) is 0 Å². The Bertz CT molecular complexity index is 357. The lowest BCUT2D eigenvalue weighted by molar-refractivity contribution is 0.0594. The van der Waals surface area contributed by atoms with Crippen molar-refractivity contribution in [3.63, 3.8) is 0 Å². The first-order valence-corrected chi connectivity index (χ1v) is 4.93. The third-order valence-corrected chi connectivity index (χ3v) is 2.50. The van der Waals surface area contributed by atoms with Crippen LogP contribution in [0.4, 0.5) is 0 Å². The van der Waals surface area contributed by atoms with Crippen LogP contribution in [0.25, 0.3) is 0 Å². The van der Waals surface area contributed by atoms with Gasteiger partial charge in [0.2, 0.25) is 5.89 Å². The Balaban J connectivity index is 1.97. The Labute approximate surface area is 88.0 Å². The molecule has 0 atom stereocenters. The van der Waals surface area contributed by atoms with E-state index in [0.29, 0.717) is 18.5 Å². The number of hydrogen-bond donors (Lipinski definition) is 0. The van der Waals surface area contributed by atoms with Crippen LogP contribution >= 0.6 is 0 Å². The zero-order chi connectivity index (χ0) is 10.8. The summed E-state index contributed by atoms with van der Waals surface area (Å²) in [6.07, 6.45) is 3.81. The molecule has 0 N–H and O–H groups in total. The van der Waals surface area contributed by atoms with E-state index in [1.54, 1.807) is 0 Å². The van der Waals surface area contributed by atoms with E-state index in [2.05, 4.69) is 14.6 Å². The molecule has 5 heteroatoms. The minimum atomic E-state index is -0.459. The van der Waals surface area contributed by atoms with Crippen molar-refractivity contribution in [2.24, 2.45) is 0 Å². The molecule has 5 nitrogen and oxygen atoms in total. The Morgan fingerprint density at radius 3 is 3.07 bits per heavy atom. The maximum Gasteiger partial charge on any atom is 0.360 e. The van der Waals surface area contributed by atoms with Gasteiger partial charge in [-0.05, 0) is 19.9 Å². The minimum absolute atomic E-state index is 0.233. The number of aromatic nitrogens is 1. The van der Waals surface area contributed by atoms with Gasteiger partial charge in [-0.2, -0.15) is 0 Å². The third kappa shape index (κ3) is 2.36. The minimum Gasteiger partial charge on any atom is -0.464 e. The van der Waals surface area contributed by atoms with Crippen LogP contribution in [0.15, 0.2) is 10.7 Å². The molecule has 1 fully saturated rings. The van der Waals surface area contributed by atoms with Crippen LogP contribution in [0.2, 0.25) is 0 Å². The number of esters is 1. The van der Waals surface area contributed by atoms with Crippen LogP contribution < -0.4 is 0 Å². The van der Waals surface area contributed by atoms with E-state index in [9.17, 15) is 4.79 Å². The van der Waals surface area contributed by atoms with E-state index < -0.39 is 5.97 Å². The van der Waals surface area contributed by atoms with Gasteiger partial charge in [-0.15, -0.1) is 0 Å². The second-order valence-electron chi connectivity index (χ2n) is 3.76. The molecule has 1 heterocycles. The van der Waals surface area contributed by atoms with Crippen molar-refractivity contribution in [3.8, 4) is 0 Å². The lowest BCUT2D eigenvalue weighted by atomic mass is 10.5. The zero-order valence-electron chi connectivity index (χ0n) is 8.90. The SMILES string of the molecule is COC(=O)c1coc(CN(C)C2CC2)n1. The van der Waals surface area contributed by atoms with E-state index in [0.717, 1.165) is 0 Å². The monoisotopic (exact) mass is 210 g/mol. The molecular formula is C10H14N2O3. The number of carbonyl (C=O) groups excluding carboxylic acids is 1. The van der Waals surface area contributed by atoms with Gasteiger partial charge in [0.1, 0.15) is 6.26 Å². The van der Waals surface area contributed by atoms with Crippen molar-refractivity contribution in [2.45, 2.75) is 25.4 Å². The first-order valence-electron chi connectivity index (χ1n) is 4.93. The van der Waals surface area contributed by atoms with Crippen LogP contribution in [0, 0.1) is 0 Å². The molecule has 1 aromatic heterocycles. The summed E-state index contributed by atoms with van der Waals surface area (Å²) in [5, 5.41) is 0. The third-order valence-electron chi connectivity index (χ3n) is 2.50. The lowest BCUT2D eigenvalue weighted by Crippen LogP contribution is -2.20. The van der Waals surface area contributed by atoms with Gasteiger partial charge in [0.15, 0.2) is 5.69 Å². The van der Waals surface area contributed by atoms with E-state index in [4.69, 9.17) is 4.42 Å². The van der Waals surface area contributed by atoms with Crippen molar-refractivity contribution in [1.29, 1.82) is 0 Å². The van der Waals surface area contributed by atoms with Gasteiger partial charge >= 0.3 is 5.97 Å². The highest BCUT2D eigenvalue weighted by Crippen LogP contribution is 2.26. The van der Waals surface area contributed by atoms with E-state index in [1.807, 2.05) is 7.05 Å². The van der Waals surface area contributed by atoms with Crippen molar-refractivity contribution >= 4 is 5.97 Å². The van der Waals surface area contributed by atoms with Gasteiger partial charge in [0.25, 0.3) is 0 Å². The molecule has 1 aliphatic carbocycles. The number of methoxy groups -OCH3 is 1. The predicted molar refractivity (Wildman–Crippen MR) is 52.3 cm³/mol. The molecule has 2 rings (SSSR count). The molecule has 0 aromatic carbocycles. The maximum atomic E-state index is 11.1. The molecule has 1 saturated carbocycles. The molecule has 1 aliphatic rings. The summed E-state index contributed by atoms with van der Waals surface area (Å²) < 4.78 is 9.72. The van der Waals surface area contributed by atoms with Crippen molar-refractivity contribution < 1.29 is 13.9 Å². The second kappa shape index (κ2) is 4.02. The van der Waals surface area contributed by atoms with Gasteiger partial charge in [-0.1, -0.05) is 0 Å². The standard InChI is InChI=1S/C10H14N2O3/c1-12(7-3-4-7)5-9-11-8(6-15-9)10(13)14-2/h6-7H,3-5H2,1-2H3. The van der Waals surface area contributed by atoms with Crippen molar-refractivity contribution in [3.05, 3.63) is 17.8 Å². The summed E-state index contributed by atoms with van der Waals surface area (Å²) in [6, 6.07) is 0.651. The molecular weight excluding hydrogens is 196 g/mol. The molecule has 82 valence electrons. The Hall–Kier alpha value is -1.36. The van der Waals surface area contributed by atoms with Crippen LogP contribution in [0.1, 0.15) is 29.2 Å².